The molecule has 0 saturated carbocycles. The van der Waals surface area contributed by atoms with Crippen LogP contribution in [-0.4, -0.2) is 64.7 Å². The van der Waals surface area contributed by atoms with Gasteiger partial charge in [0, 0.05) is 12.7 Å². The van der Waals surface area contributed by atoms with Gasteiger partial charge in [0.05, 0.1) is 27.0 Å². The minimum absolute atomic E-state index is 0.153. The van der Waals surface area contributed by atoms with Gasteiger partial charge in [0.25, 0.3) is 0 Å². The number of methoxy groups -OCH3 is 2. The molecule has 3 aromatic heterocycles. The normalized spacial score (nSPS) is 14.2. The van der Waals surface area contributed by atoms with Crippen LogP contribution in [0.4, 0.5) is 16.6 Å². The summed E-state index contributed by atoms with van der Waals surface area (Å²) in [5, 5.41) is 13.8. The van der Waals surface area contributed by atoms with Gasteiger partial charge >= 0.3 is 6.09 Å². The molecule has 1 amide bonds. The van der Waals surface area contributed by atoms with Crippen LogP contribution < -0.4 is 20.7 Å². The van der Waals surface area contributed by atoms with Gasteiger partial charge in [-0.15, -0.1) is 0 Å². The van der Waals surface area contributed by atoms with Gasteiger partial charge in [-0.3, -0.25) is 15.0 Å². The Balaban J connectivity index is 1.65. The summed E-state index contributed by atoms with van der Waals surface area (Å²) in [6, 6.07) is 2.10. The molecule has 3 N–H and O–H groups in total. The van der Waals surface area contributed by atoms with Crippen LogP contribution in [0.2, 0.25) is 0 Å². The molecule has 182 valence electrons. The summed E-state index contributed by atoms with van der Waals surface area (Å²) in [4.78, 5) is 25.3. The maximum atomic E-state index is 11.7. The monoisotopic (exact) mass is 468 g/mol. The molecule has 11 heteroatoms. The standard InChI is InChI=1S/C23H32N8O3/c1-4-5-8-25-21-20-17(28-22(29-21)30-23(32)34-3)13-27-31(20)14-18-19(33-2)11-16(12-26-18)15-6-9-24-10-7-15/h11-13,15,24H,4-10,14H2,1-3H3,(H2,25,28,29,30,32). The Labute approximate surface area is 198 Å². The predicted molar refractivity (Wildman–Crippen MR) is 129 cm³/mol. The van der Waals surface area contributed by atoms with E-state index in [0.717, 1.165) is 62.3 Å². The average Bonchev–Trinajstić information content (AvgIpc) is 3.27. The van der Waals surface area contributed by atoms with Crippen molar-refractivity contribution < 1.29 is 14.3 Å². The summed E-state index contributed by atoms with van der Waals surface area (Å²) in [7, 11) is 2.96. The smallest absolute Gasteiger partial charge is 0.413 e. The van der Waals surface area contributed by atoms with Gasteiger partial charge in [0.15, 0.2) is 5.82 Å². The molecular formula is C23H32N8O3. The molecule has 11 nitrogen and oxygen atoms in total. The summed E-state index contributed by atoms with van der Waals surface area (Å²) in [6.07, 6.45) is 7.19. The van der Waals surface area contributed by atoms with Gasteiger partial charge in [-0.25, -0.2) is 9.78 Å². The Morgan fingerprint density at radius 2 is 2.06 bits per heavy atom. The number of carbonyl (C=O) groups is 1. The molecule has 3 aromatic rings. The van der Waals surface area contributed by atoms with Crippen LogP contribution in [0.1, 0.15) is 49.8 Å². The van der Waals surface area contributed by atoms with Gasteiger partial charge in [-0.1, -0.05) is 13.3 Å². The minimum Gasteiger partial charge on any atom is -0.495 e. The first-order valence-electron chi connectivity index (χ1n) is 11.7. The second-order valence-electron chi connectivity index (χ2n) is 8.27. The fraction of sp³-hybridized carbons (Fsp3) is 0.522. The second-order valence-corrected chi connectivity index (χ2v) is 8.27. The summed E-state index contributed by atoms with van der Waals surface area (Å²) >= 11 is 0. The number of amides is 1. The highest BCUT2D eigenvalue weighted by Crippen LogP contribution is 2.30. The molecule has 34 heavy (non-hydrogen) atoms. The van der Waals surface area contributed by atoms with Crippen molar-refractivity contribution in [3.05, 3.63) is 29.7 Å². The number of hydrogen-bond acceptors (Lipinski definition) is 9. The van der Waals surface area contributed by atoms with Crippen molar-refractivity contribution in [1.29, 1.82) is 0 Å². The van der Waals surface area contributed by atoms with E-state index in [1.165, 1.54) is 12.7 Å². The minimum atomic E-state index is -0.631. The van der Waals surface area contributed by atoms with E-state index in [4.69, 9.17) is 9.72 Å². The van der Waals surface area contributed by atoms with Gasteiger partial charge in [0.2, 0.25) is 5.95 Å². The first-order chi connectivity index (χ1) is 16.6. The molecule has 4 heterocycles. The van der Waals surface area contributed by atoms with Crippen LogP contribution in [0.25, 0.3) is 11.0 Å². The molecule has 0 atom stereocenters. The van der Waals surface area contributed by atoms with Crippen LogP contribution in [0.5, 0.6) is 5.75 Å². The molecule has 1 aliphatic rings. The van der Waals surface area contributed by atoms with Crippen molar-refractivity contribution in [2.75, 3.05) is 44.5 Å². The zero-order chi connectivity index (χ0) is 23.9. The van der Waals surface area contributed by atoms with Crippen molar-refractivity contribution in [3.63, 3.8) is 0 Å². The number of anilines is 2. The number of rotatable bonds is 9. The maximum Gasteiger partial charge on any atom is 0.413 e. The Morgan fingerprint density at radius 3 is 2.79 bits per heavy atom. The third-order valence-electron chi connectivity index (χ3n) is 5.99. The number of nitrogens with zero attached hydrogens (tertiary/aromatic N) is 5. The van der Waals surface area contributed by atoms with Crippen LogP contribution >= 0.6 is 0 Å². The molecular weight excluding hydrogens is 436 g/mol. The van der Waals surface area contributed by atoms with E-state index in [1.807, 2.05) is 6.20 Å². The van der Waals surface area contributed by atoms with Gasteiger partial charge in [0.1, 0.15) is 22.5 Å². The molecule has 0 bridgehead atoms. The third-order valence-corrected chi connectivity index (χ3v) is 5.99. The number of fused-ring (bicyclic) bond motifs is 1. The lowest BCUT2D eigenvalue weighted by molar-refractivity contribution is 0.186. The van der Waals surface area contributed by atoms with Crippen molar-refractivity contribution in [2.45, 2.75) is 45.1 Å². The van der Waals surface area contributed by atoms with E-state index < -0.39 is 6.09 Å². The molecule has 0 spiro atoms. The molecule has 0 unspecified atom stereocenters. The zero-order valence-electron chi connectivity index (χ0n) is 19.9. The number of piperidine rings is 1. The second kappa shape index (κ2) is 11.1. The number of pyridine rings is 1. The summed E-state index contributed by atoms with van der Waals surface area (Å²) in [5.74, 6) is 1.98. The number of nitrogens with one attached hydrogen (secondary N) is 3. The number of aromatic nitrogens is 5. The molecule has 0 aromatic carbocycles. The van der Waals surface area contributed by atoms with E-state index in [1.54, 1.807) is 18.0 Å². The van der Waals surface area contributed by atoms with Gasteiger partial charge in [-0.05, 0) is 49.9 Å². The van der Waals surface area contributed by atoms with E-state index in [9.17, 15) is 4.79 Å². The molecule has 1 fully saturated rings. The SMILES string of the molecule is CCCCNc1nc(NC(=O)OC)nc2cnn(Cc3ncc(C4CCNCC4)cc3OC)c12. The van der Waals surface area contributed by atoms with Crippen molar-refractivity contribution in [3.8, 4) is 5.75 Å². The Morgan fingerprint density at radius 1 is 1.24 bits per heavy atom. The van der Waals surface area contributed by atoms with Crippen LogP contribution in [0.3, 0.4) is 0 Å². The number of unbranched alkanes of at least 4 members (excludes halogenated alkanes) is 1. The molecule has 4 rings (SSSR count). The fourth-order valence-corrected chi connectivity index (χ4v) is 4.13. The Hall–Kier alpha value is -3.47. The summed E-state index contributed by atoms with van der Waals surface area (Å²) < 4.78 is 12.2. The van der Waals surface area contributed by atoms with Crippen LogP contribution in [0.15, 0.2) is 18.5 Å². The highest BCUT2D eigenvalue weighted by Gasteiger charge is 2.20. The van der Waals surface area contributed by atoms with Gasteiger partial charge < -0.3 is 20.1 Å². The summed E-state index contributed by atoms with van der Waals surface area (Å²) in [6.45, 7) is 5.30. The zero-order valence-corrected chi connectivity index (χ0v) is 19.9. The third kappa shape index (κ3) is 5.36. The Bertz CT molecular complexity index is 1130. The van der Waals surface area contributed by atoms with E-state index >= 15 is 0 Å². The summed E-state index contributed by atoms with van der Waals surface area (Å²) in [5.41, 5.74) is 3.32. The predicted octanol–water partition coefficient (Wildman–Crippen LogP) is 3.14. The molecule has 0 radical (unpaired) electrons. The van der Waals surface area contributed by atoms with Crippen LogP contribution in [0, 0.1) is 0 Å². The Kier molecular flexibility index (Phi) is 7.73. The van der Waals surface area contributed by atoms with E-state index in [2.05, 4.69) is 48.7 Å². The number of hydrogen-bond donors (Lipinski definition) is 3. The number of ether oxygens (including phenoxy) is 2. The quantitative estimate of drug-likeness (QED) is 0.406. The first kappa shape index (κ1) is 23.7. The van der Waals surface area contributed by atoms with E-state index in [0.29, 0.717) is 23.8 Å². The highest BCUT2D eigenvalue weighted by molar-refractivity contribution is 5.89. The largest absolute Gasteiger partial charge is 0.495 e. The lowest BCUT2D eigenvalue weighted by Crippen LogP contribution is -2.26. The highest BCUT2D eigenvalue weighted by atomic mass is 16.5. The lowest BCUT2D eigenvalue weighted by Gasteiger charge is -2.23. The molecule has 0 aliphatic carbocycles. The maximum absolute atomic E-state index is 11.7. The topological polar surface area (TPSA) is 128 Å². The fourth-order valence-electron chi connectivity index (χ4n) is 4.13. The van der Waals surface area contributed by atoms with Crippen molar-refractivity contribution >= 4 is 28.9 Å². The first-order valence-corrected chi connectivity index (χ1v) is 11.7. The lowest BCUT2D eigenvalue weighted by atomic mass is 9.91. The van der Waals surface area contributed by atoms with Crippen molar-refractivity contribution in [1.82, 2.24) is 30.0 Å². The van der Waals surface area contributed by atoms with Gasteiger partial charge in [-0.2, -0.15) is 10.1 Å². The van der Waals surface area contributed by atoms with Crippen LogP contribution in [-0.2, 0) is 11.3 Å². The van der Waals surface area contributed by atoms with E-state index in [-0.39, 0.29) is 5.95 Å². The van der Waals surface area contributed by atoms with Crippen molar-refractivity contribution in [2.24, 2.45) is 0 Å². The number of carbonyl (C=O) groups excluding carboxylic acids is 1. The molecule has 1 saturated heterocycles. The average molecular weight is 469 g/mol. The molecule has 1 aliphatic heterocycles.